The van der Waals surface area contributed by atoms with Gasteiger partial charge in [-0.2, -0.15) is 13.2 Å². The Hall–Kier alpha value is -2.80. The van der Waals surface area contributed by atoms with E-state index in [0.717, 1.165) is 24.8 Å². The summed E-state index contributed by atoms with van der Waals surface area (Å²) in [5, 5.41) is 15.0. The van der Waals surface area contributed by atoms with Crippen LogP contribution in [0.2, 0.25) is 0 Å². The lowest BCUT2D eigenvalue weighted by Gasteiger charge is -2.52. The van der Waals surface area contributed by atoms with Crippen LogP contribution in [0, 0.1) is 0 Å². The second-order valence-corrected chi connectivity index (χ2v) is 9.19. The molecule has 1 aromatic heterocycles. The molecule has 3 aromatic rings. The summed E-state index contributed by atoms with van der Waals surface area (Å²) in [4.78, 5) is 14.4. The summed E-state index contributed by atoms with van der Waals surface area (Å²) in [5.74, 6) is 0. The number of benzene rings is 2. The fraction of sp³-hybridized carbons (Fsp3) is 0.400. The maximum absolute atomic E-state index is 14.5. The number of aromatic amines is 1. The van der Waals surface area contributed by atoms with Crippen LogP contribution in [0.5, 0.6) is 0 Å². The van der Waals surface area contributed by atoms with Crippen LogP contribution in [0.3, 0.4) is 0 Å². The van der Waals surface area contributed by atoms with Crippen molar-refractivity contribution < 1.29 is 18.3 Å². The van der Waals surface area contributed by atoms with Gasteiger partial charge in [0.1, 0.15) is 0 Å². The van der Waals surface area contributed by atoms with E-state index < -0.39 is 23.2 Å². The topological polar surface area (TPSA) is 65.1 Å². The Morgan fingerprint density at radius 3 is 2.47 bits per heavy atom. The van der Waals surface area contributed by atoms with Gasteiger partial charge in [-0.1, -0.05) is 49.6 Å². The molecule has 2 unspecified atom stereocenters. The van der Waals surface area contributed by atoms with Crippen LogP contribution in [0.4, 0.5) is 18.9 Å². The molecule has 2 aromatic carbocycles. The Kier molecular flexibility index (Phi) is 4.85. The van der Waals surface area contributed by atoms with E-state index in [1.165, 1.54) is 6.07 Å². The van der Waals surface area contributed by atoms with Crippen molar-refractivity contribution in [3.8, 4) is 0 Å². The molecule has 1 spiro atoms. The van der Waals surface area contributed by atoms with Crippen LogP contribution < -0.4 is 10.9 Å². The standard InChI is InChI=1S/C25H25F3N2O2/c26-25(27,28)24(32)15-23(13-4-1-5-14-23)18-8-3-2-7-16(18)22(24)30-20-10-6-9-19-17(20)11-12-21(31)29-19/h2-3,6-12,22,30,32H,1,4-5,13-15H2,(H,29,31). The highest BCUT2D eigenvalue weighted by atomic mass is 19.4. The molecule has 0 amide bonds. The maximum atomic E-state index is 14.5. The summed E-state index contributed by atoms with van der Waals surface area (Å²) in [6, 6.07) is 13.8. The number of pyridine rings is 1. The van der Waals surface area contributed by atoms with Gasteiger partial charge in [0.05, 0.1) is 11.6 Å². The fourth-order valence-electron chi connectivity index (χ4n) is 5.81. The van der Waals surface area contributed by atoms with E-state index in [0.29, 0.717) is 35.0 Å². The van der Waals surface area contributed by atoms with Crippen molar-refractivity contribution in [2.45, 2.75) is 61.8 Å². The number of hydrogen-bond acceptors (Lipinski definition) is 3. The van der Waals surface area contributed by atoms with Crippen LogP contribution in [0.25, 0.3) is 10.9 Å². The van der Waals surface area contributed by atoms with Crippen molar-refractivity contribution in [3.05, 3.63) is 76.1 Å². The quantitative estimate of drug-likeness (QED) is 0.485. The lowest BCUT2D eigenvalue weighted by Crippen LogP contribution is -2.59. The summed E-state index contributed by atoms with van der Waals surface area (Å²) in [7, 11) is 0. The minimum Gasteiger partial charge on any atom is -0.379 e. The minimum atomic E-state index is -4.82. The number of H-pyrrole nitrogens is 1. The van der Waals surface area contributed by atoms with Gasteiger partial charge in [0.25, 0.3) is 0 Å². The number of alkyl halides is 3. The van der Waals surface area contributed by atoms with Crippen molar-refractivity contribution in [2.24, 2.45) is 0 Å². The van der Waals surface area contributed by atoms with Crippen molar-refractivity contribution in [1.29, 1.82) is 0 Å². The first-order chi connectivity index (χ1) is 15.2. The molecule has 0 saturated heterocycles. The third kappa shape index (κ3) is 3.22. The van der Waals surface area contributed by atoms with Crippen LogP contribution in [0.15, 0.2) is 59.4 Å². The third-order valence-corrected chi connectivity index (χ3v) is 7.30. The van der Waals surface area contributed by atoms with Crippen LogP contribution in [-0.2, 0) is 5.41 Å². The highest BCUT2D eigenvalue weighted by Crippen LogP contribution is 2.58. The Morgan fingerprint density at radius 2 is 1.72 bits per heavy atom. The molecule has 168 valence electrons. The lowest BCUT2D eigenvalue weighted by molar-refractivity contribution is -0.277. The van der Waals surface area contributed by atoms with E-state index >= 15 is 0 Å². The lowest BCUT2D eigenvalue weighted by atomic mass is 9.57. The average molecular weight is 442 g/mol. The van der Waals surface area contributed by atoms with Gasteiger partial charge in [-0.25, -0.2) is 0 Å². The number of nitrogens with one attached hydrogen (secondary N) is 2. The van der Waals surface area contributed by atoms with Crippen LogP contribution in [-0.4, -0.2) is 21.9 Å². The molecule has 1 fully saturated rings. The average Bonchev–Trinajstić information content (AvgIpc) is 2.76. The van der Waals surface area contributed by atoms with Crippen molar-refractivity contribution in [1.82, 2.24) is 4.98 Å². The molecule has 3 N–H and O–H groups in total. The second kappa shape index (κ2) is 7.37. The van der Waals surface area contributed by atoms with E-state index in [1.54, 1.807) is 36.4 Å². The van der Waals surface area contributed by atoms with Crippen molar-refractivity contribution in [2.75, 3.05) is 5.32 Å². The molecule has 32 heavy (non-hydrogen) atoms. The molecule has 2 atom stereocenters. The molecule has 2 aliphatic rings. The zero-order valence-electron chi connectivity index (χ0n) is 17.5. The normalized spacial score (nSPS) is 24.9. The summed E-state index contributed by atoms with van der Waals surface area (Å²) in [6.45, 7) is 0. The van der Waals surface area contributed by atoms with Gasteiger partial charge in [-0.3, -0.25) is 4.79 Å². The summed E-state index contributed by atoms with van der Waals surface area (Å²) >= 11 is 0. The molecule has 5 rings (SSSR count). The fourth-order valence-corrected chi connectivity index (χ4v) is 5.81. The van der Waals surface area contributed by atoms with Gasteiger partial charge in [0.15, 0.2) is 5.60 Å². The van der Waals surface area contributed by atoms with E-state index in [9.17, 15) is 23.1 Å². The van der Waals surface area contributed by atoms with Gasteiger partial charge in [-0.05, 0) is 54.0 Å². The summed E-state index contributed by atoms with van der Waals surface area (Å²) in [6.07, 6.45) is -1.17. The van der Waals surface area contributed by atoms with E-state index in [1.807, 2.05) is 12.1 Å². The predicted octanol–water partition coefficient (Wildman–Crippen LogP) is 5.58. The van der Waals surface area contributed by atoms with E-state index in [4.69, 9.17) is 0 Å². The zero-order chi connectivity index (χ0) is 22.6. The highest BCUT2D eigenvalue weighted by Gasteiger charge is 2.65. The monoisotopic (exact) mass is 442 g/mol. The molecular formula is C25H25F3N2O2. The summed E-state index contributed by atoms with van der Waals surface area (Å²) < 4.78 is 43.6. The van der Waals surface area contributed by atoms with Crippen LogP contribution in [0.1, 0.15) is 55.7 Å². The predicted molar refractivity (Wildman–Crippen MR) is 118 cm³/mol. The first-order valence-corrected chi connectivity index (χ1v) is 11.0. The second-order valence-electron chi connectivity index (χ2n) is 9.19. The smallest absolute Gasteiger partial charge is 0.379 e. The largest absolute Gasteiger partial charge is 0.419 e. The minimum absolute atomic E-state index is 0.288. The molecule has 7 heteroatoms. The first kappa shape index (κ1) is 21.1. The SMILES string of the molecule is O=c1ccc2c(NC3c4ccccc4C4(CCCCC4)CC3(O)C(F)(F)F)cccc2[nH]1. The summed E-state index contributed by atoms with van der Waals surface area (Å²) in [5.41, 5.74) is -1.55. The molecule has 0 bridgehead atoms. The number of rotatable bonds is 2. The Labute approximate surface area is 183 Å². The highest BCUT2D eigenvalue weighted by molar-refractivity contribution is 5.91. The molecule has 1 saturated carbocycles. The molecule has 0 radical (unpaired) electrons. The Morgan fingerprint density at radius 1 is 0.969 bits per heavy atom. The Balaban J connectivity index is 1.69. The zero-order valence-corrected chi connectivity index (χ0v) is 17.5. The molecular weight excluding hydrogens is 417 g/mol. The molecule has 4 nitrogen and oxygen atoms in total. The van der Waals surface area contributed by atoms with Gasteiger partial charge >= 0.3 is 6.18 Å². The van der Waals surface area contributed by atoms with Crippen LogP contribution >= 0.6 is 0 Å². The van der Waals surface area contributed by atoms with Gasteiger partial charge in [-0.15, -0.1) is 0 Å². The number of halogens is 3. The number of anilines is 1. The van der Waals surface area contributed by atoms with Gasteiger partial charge in [0.2, 0.25) is 5.56 Å². The van der Waals surface area contributed by atoms with E-state index in [2.05, 4.69) is 10.3 Å². The molecule has 1 heterocycles. The van der Waals surface area contributed by atoms with Gasteiger partial charge in [0, 0.05) is 17.1 Å². The van der Waals surface area contributed by atoms with Crippen molar-refractivity contribution >= 4 is 16.6 Å². The van der Waals surface area contributed by atoms with E-state index in [-0.39, 0.29) is 12.0 Å². The number of fused-ring (bicyclic) bond motifs is 3. The van der Waals surface area contributed by atoms with Gasteiger partial charge < -0.3 is 15.4 Å². The Bertz CT molecular complexity index is 1210. The molecule has 2 aliphatic carbocycles. The maximum Gasteiger partial charge on any atom is 0.419 e. The number of hydrogen-bond donors (Lipinski definition) is 3. The first-order valence-electron chi connectivity index (χ1n) is 11.0. The van der Waals surface area contributed by atoms with Crippen molar-refractivity contribution in [3.63, 3.8) is 0 Å². The molecule has 0 aliphatic heterocycles. The number of aliphatic hydroxyl groups is 1. The third-order valence-electron chi connectivity index (χ3n) is 7.30. The number of aromatic nitrogens is 1.